The second-order valence-corrected chi connectivity index (χ2v) is 6.54. The van der Waals surface area contributed by atoms with Crippen LogP contribution in [-0.4, -0.2) is 37.7 Å². The van der Waals surface area contributed by atoms with Crippen LogP contribution >= 0.6 is 23.2 Å². The summed E-state index contributed by atoms with van der Waals surface area (Å²) in [5.74, 6) is 0.686. The van der Waals surface area contributed by atoms with Gasteiger partial charge in [-0.15, -0.1) is 0 Å². The average Bonchev–Trinajstić information content (AvgIpc) is 2.61. The highest BCUT2D eigenvalue weighted by Gasteiger charge is 2.26. The van der Waals surface area contributed by atoms with Gasteiger partial charge < -0.3 is 19.7 Å². The Morgan fingerprint density at radius 1 is 1.24 bits per heavy atom. The van der Waals surface area contributed by atoms with Crippen molar-refractivity contribution < 1.29 is 14.3 Å². The molecule has 1 N–H and O–H groups in total. The predicted molar refractivity (Wildman–Crippen MR) is 98.7 cm³/mol. The third kappa shape index (κ3) is 4.57. The second-order valence-electron chi connectivity index (χ2n) is 5.67. The molecule has 132 valence electrons. The van der Waals surface area contributed by atoms with Crippen molar-refractivity contribution in [3.8, 4) is 5.75 Å². The van der Waals surface area contributed by atoms with Gasteiger partial charge in [-0.05, 0) is 35.9 Å². The van der Waals surface area contributed by atoms with Crippen LogP contribution in [0.3, 0.4) is 0 Å². The van der Waals surface area contributed by atoms with Gasteiger partial charge in [-0.25, -0.2) is 4.79 Å². The molecule has 1 heterocycles. The standard InChI is InChI=1S/C18H18Cl2N2O3/c1-24-16-4-2-3-15(10-16)21-18(23)22-5-6-25-17(11-22)12-7-13(19)9-14(20)8-12/h2-4,7-10,17H,5-6,11H2,1H3,(H,21,23). The number of carbonyl (C=O) groups excluding carboxylic acids is 1. The van der Waals surface area contributed by atoms with Gasteiger partial charge in [0.2, 0.25) is 0 Å². The maximum atomic E-state index is 12.5. The number of benzene rings is 2. The highest BCUT2D eigenvalue weighted by atomic mass is 35.5. The van der Waals surface area contributed by atoms with Gasteiger partial charge in [0.25, 0.3) is 0 Å². The highest BCUT2D eigenvalue weighted by Crippen LogP contribution is 2.28. The third-order valence-corrected chi connectivity index (χ3v) is 4.37. The van der Waals surface area contributed by atoms with Crippen molar-refractivity contribution in [2.75, 3.05) is 32.1 Å². The lowest BCUT2D eigenvalue weighted by atomic mass is 10.1. The van der Waals surface area contributed by atoms with Crippen LogP contribution in [-0.2, 0) is 4.74 Å². The number of carbonyl (C=O) groups is 1. The van der Waals surface area contributed by atoms with Gasteiger partial charge >= 0.3 is 6.03 Å². The summed E-state index contributed by atoms with van der Waals surface area (Å²) in [4.78, 5) is 14.3. The van der Waals surface area contributed by atoms with Crippen LogP contribution < -0.4 is 10.1 Å². The summed E-state index contributed by atoms with van der Waals surface area (Å²) in [6.07, 6.45) is -0.263. The topological polar surface area (TPSA) is 50.8 Å². The Morgan fingerprint density at radius 2 is 2.00 bits per heavy atom. The van der Waals surface area contributed by atoms with E-state index in [1.165, 1.54) is 0 Å². The molecule has 1 atom stereocenters. The van der Waals surface area contributed by atoms with Gasteiger partial charge in [0.15, 0.2) is 0 Å². The Bertz CT molecular complexity index is 749. The number of hydrogen-bond donors (Lipinski definition) is 1. The van der Waals surface area contributed by atoms with E-state index in [0.717, 1.165) is 5.56 Å². The van der Waals surface area contributed by atoms with Crippen molar-refractivity contribution in [3.63, 3.8) is 0 Å². The zero-order valence-corrected chi connectivity index (χ0v) is 15.2. The summed E-state index contributed by atoms with van der Waals surface area (Å²) in [6, 6.07) is 12.3. The molecule has 2 aromatic carbocycles. The smallest absolute Gasteiger partial charge is 0.322 e. The summed E-state index contributed by atoms with van der Waals surface area (Å²) >= 11 is 12.1. The SMILES string of the molecule is COc1cccc(NC(=O)N2CCOC(c3cc(Cl)cc(Cl)c3)C2)c1. The number of urea groups is 1. The highest BCUT2D eigenvalue weighted by molar-refractivity contribution is 6.34. The van der Waals surface area contributed by atoms with E-state index in [1.807, 2.05) is 30.3 Å². The van der Waals surface area contributed by atoms with Gasteiger partial charge in [0.1, 0.15) is 11.9 Å². The monoisotopic (exact) mass is 380 g/mol. The zero-order chi connectivity index (χ0) is 17.8. The van der Waals surface area contributed by atoms with E-state index < -0.39 is 0 Å². The summed E-state index contributed by atoms with van der Waals surface area (Å²) in [7, 11) is 1.59. The fourth-order valence-corrected chi connectivity index (χ4v) is 3.24. The molecular formula is C18H18Cl2N2O3. The van der Waals surface area contributed by atoms with Crippen LogP contribution in [0.5, 0.6) is 5.75 Å². The van der Waals surface area contributed by atoms with E-state index in [9.17, 15) is 4.79 Å². The molecule has 1 aliphatic heterocycles. The Morgan fingerprint density at radius 3 is 2.72 bits per heavy atom. The summed E-state index contributed by atoms with van der Waals surface area (Å²) in [5.41, 5.74) is 1.54. The zero-order valence-electron chi connectivity index (χ0n) is 13.7. The summed E-state index contributed by atoms with van der Waals surface area (Å²) < 4.78 is 11.0. The van der Waals surface area contributed by atoms with E-state index >= 15 is 0 Å². The van der Waals surface area contributed by atoms with Crippen molar-refractivity contribution in [3.05, 3.63) is 58.1 Å². The molecule has 0 aliphatic carbocycles. The molecule has 2 amide bonds. The van der Waals surface area contributed by atoms with Crippen LogP contribution in [0.25, 0.3) is 0 Å². The molecule has 7 heteroatoms. The lowest BCUT2D eigenvalue weighted by molar-refractivity contribution is -0.0134. The van der Waals surface area contributed by atoms with Crippen molar-refractivity contribution in [1.82, 2.24) is 4.90 Å². The number of hydrogen-bond acceptors (Lipinski definition) is 3. The van der Waals surface area contributed by atoms with E-state index in [-0.39, 0.29) is 12.1 Å². The van der Waals surface area contributed by atoms with Crippen molar-refractivity contribution in [2.24, 2.45) is 0 Å². The quantitative estimate of drug-likeness (QED) is 0.845. The fourth-order valence-electron chi connectivity index (χ4n) is 2.70. The van der Waals surface area contributed by atoms with E-state index in [0.29, 0.717) is 41.2 Å². The Labute approximate surface area is 156 Å². The Hall–Kier alpha value is -1.95. The number of amides is 2. The van der Waals surface area contributed by atoms with E-state index in [1.54, 1.807) is 24.1 Å². The lowest BCUT2D eigenvalue weighted by Gasteiger charge is -2.33. The van der Waals surface area contributed by atoms with Crippen molar-refractivity contribution in [2.45, 2.75) is 6.10 Å². The number of ether oxygens (including phenoxy) is 2. The number of anilines is 1. The predicted octanol–water partition coefficient (Wildman–Crippen LogP) is 4.61. The minimum atomic E-state index is -0.263. The van der Waals surface area contributed by atoms with Gasteiger partial charge in [-0.3, -0.25) is 0 Å². The number of nitrogens with zero attached hydrogens (tertiary/aromatic N) is 1. The average molecular weight is 381 g/mol. The third-order valence-electron chi connectivity index (χ3n) is 3.93. The molecule has 0 bridgehead atoms. The lowest BCUT2D eigenvalue weighted by Crippen LogP contribution is -2.44. The normalized spacial score (nSPS) is 17.2. The van der Waals surface area contributed by atoms with Crippen molar-refractivity contribution >= 4 is 34.9 Å². The molecule has 1 unspecified atom stereocenters. The molecule has 1 saturated heterocycles. The number of nitrogens with one attached hydrogen (secondary N) is 1. The van der Waals surface area contributed by atoms with Crippen LogP contribution in [0, 0.1) is 0 Å². The van der Waals surface area contributed by atoms with Gasteiger partial charge in [-0.1, -0.05) is 29.3 Å². The molecule has 1 fully saturated rings. The van der Waals surface area contributed by atoms with Gasteiger partial charge in [0, 0.05) is 28.3 Å². The van der Waals surface area contributed by atoms with Crippen LogP contribution in [0.1, 0.15) is 11.7 Å². The molecule has 3 rings (SSSR count). The Kier molecular flexibility index (Phi) is 5.68. The second kappa shape index (κ2) is 7.95. The number of rotatable bonds is 3. The van der Waals surface area contributed by atoms with E-state index in [4.69, 9.17) is 32.7 Å². The first kappa shape index (κ1) is 17.9. The van der Waals surface area contributed by atoms with Crippen molar-refractivity contribution in [1.29, 1.82) is 0 Å². The molecule has 0 radical (unpaired) electrons. The summed E-state index contributed by atoms with van der Waals surface area (Å²) in [6.45, 7) is 1.38. The largest absolute Gasteiger partial charge is 0.497 e. The number of halogens is 2. The first-order chi connectivity index (χ1) is 12.0. The molecule has 0 spiro atoms. The van der Waals surface area contributed by atoms with Crippen LogP contribution in [0.2, 0.25) is 10.0 Å². The Balaban J connectivity index is 1.68. The molecule has 25 heavy (non-hydrogen) atoms. The molecular weight excluding hydrogens is 363 g/mol. The van der Waals surface area contributed by atoms with Gasteiger partial charge in [0.05, 0.1) is 20.3 Å². The molecule has 1 aliphatic rings. The fraction of sp³-hybridized carbons (Fsp3) is 0.278. The molecule has 2 aromatic rings. The minimum Gasteiger partial charge on any atom is -0.497 e. The number of morpholine rings is 1. The van der Waals surface area contributed by atoms with Crippen LogP contribution in [0.15, 0.2) is 42.5 Å². The van der Waals surface area contributed by atoms with Crippen LogP contribution in [0.4, 0.5) is 10.5 Å². The molecule has 0 saturated carbocycles. The minimum absolute atomic E-state index is 0.185. The van der Waals surface area contributed by atoms with E-state index in [2.05, 4.69) is 5.32 Å². The maximum Gasteiger partial charge on any atom is 0.322 e. The number of methoxy groups -OCH3 is 1. The molecule has 5 nitrogen and oxygen atoms in total. The first-order valence-corrected chi connectivity index (χ1v) is 8.58. The maximum absolute atomic E-state index is 12.5. The first-order valence-electron chi connectivity index (χ1n) is 7.83. The molecule has 0 aromatic heterocycles. The van der Waals surface area contributed by atoms with Gasteiger partial charge in [-0.2, -0.15) is 0 Å². The summed E-state index contributed by atoms with van der Waals surface area (Å²) in [5, 5.41) is 3.97.